The van der Waals surface area contributed by atoms with E-state index < -0.39 is 0 Å². The van der Waals surface area contributed by atoms with Crippen molar-refractivity contribution in [2.75, 3.05) is 5.32 Å². The first kappa shape index (κ1) is 14.5. The third kappa shape index (κ3) is 3.56. The second kappa shape index (κ2) is 6.51. The molecular weight excluding hydrogens is 246 g/mol. The Bertz CT molecular complexity index is 546. The van der Waals surface area contributed by atoms with Crippen molar-refractivity contribution in [3.8, 4) is 0 Å². The molecule has 0 aliphatic heterocycles. The first-order valence-corrected chi connectivity index (χ1v) is 7.24. The lowest BCUT2D eigenvalue weighted by atomic mass is 9.95. The second-order valence-electron chi connectivity index (χ2n) is 5.51. The highest BCUT2D eigenvalue weighted by atomic mass is 15.0. The van der Waals surface area contributed by atoms with Gasteiger partial charge in [-0.25, -0.2) is 9.97 Å². The Morgan fingerprint density at radius 1 is 1.10 bits per heavy atom. The molecule has 1 aromatic carbocycles. The number of aryl methyl sites for hydroxylation is 2. The van der Waals surface area contributed by atoms with E-state index in [1.54, 1.807) is 6.33 Å². The van der Waals surface area contributed by atoms with Gasteiger partial charge in [-0.3, -0.25) is 0 Å². The molecule has 3 nitrogen and oxygen atoms in total. The zero-order valence-corrected chi connectivity index (χ0v) is 12.7. The molecule has 0 saturated heterocycles. The monoisotopic (exact) mass is 269 g/mol. The lowest BCUT2D eigenvalue weighted by Crippen LogP contribution is -2.17. The fourth-order valence-electron chi connectivity index (χ4n) is 2.29. The first-order chi connectivity index (χ1) is 9.60. The van der Waals surface area contributed by atoms with Crippen LogP contribution in [-0.4, -0.2) is 9.97 Å². The average molecular weight is 269 g/mol. The Hall–Kier alpha value is -1.90. The van der Waals surface area contributed by atoms with Crippen LogP contribution in [-0.2, 0) is 6.42 Å². The summed E-state index contributed by atoms with van der Waals surface area (Å²) in [7, 11) is 0. The maximum atomic E-state index is 4.30. The highest BCUT2D eigenvalue weighted by Crippen LogP contribution is 2.26. The number of nitrogens with one attached hydrogen (secondary N) is 1. The van der Waals surface area contributed by atoms with Gasteiger partial charge in [0.05, 0.1) is 6.04 Å². The quantitative estimate of drug-likeness (QED) is 0.885. The van der Waals surface area contributed by atoms with Crippen LogP contribution in [0, 0.1) is 12.8 Å². The van der Waals surface area contributed by atoms with Crippen LogP contribution in [0.1, 0.15) is 43.6 Å². The summed E-state index contributed by atoms with van der Waals surface area (Å²) in [5.41, 5.74) is 3.65. The van der Waals surface area contributed by atoms with Crippen LogP contribution in [0.15, 0.2) is 36.7 Å². The molecule has 2 rings (SSSR count). The van der Waals surface area contributed by atoms with Crippen LogP contribution in [0.4, 0.5) is 5.82 Å². The van der Waals surface area contributed by atoms with Crippen LogP contribution in [0.5, 0.6) is 0 Å². The zero-order chi connectivity index (χ0) is 14.5. The molecule has 2 aromatic rings. The van der Waals surface area contributed by atoms with E-state index in [9.17, 15) is 0 Å². The molecule has 0 fully saturated rings. The molecule has 0 bridgehead atoms. The van der Waals surface area contributed by atoms with E-state index in [2.05, 4.69) is 60.3 Å². The highest BCUT2D eigenvalue weighted by molar-refractivity contribution is 5.39. The fourth-order valence-corrected chi connectivity index (χ4v) is 2.29. The van der Waals surface area contributed by atoms with Gasteiger partial charge in [0.1, 0.15) is 12.1 Å². The van der Waals surface area contributed by atoms with Crippen molar-refractivity contribution in [2.24, 2.45) is 5.92 Å². The van der Waals surface area contributed by atoms with Gasteiger partial charge in [-0.1, -0.05) is 45.0 Å². The summed E-state index contributed by atoms with van der Waals surface area (Å²) < 4.78 is 0. The SMILES string of the molecule is CCc1ccc([C@@H](Nc2cc(C)ncn2)C(C)C)cc1. The van der Waals surface area contributed by atoms with E-state index in [1.807, 2.05) is 13.0 Å². The molecule has 0 aliphatic carbocycles. The van der Waals surface area contributed by atoms with Crippen LogP contribution in [0.2, 0.25) is 0 Å². The van der Waals surface area contributed by atoms with E-state index in [1.165, 1.54) is 11.1 Å². The second-order valence-corrected chi connectivity index (χ2v) is 5.51. The summed E-state index contributed by atoms with van der Waals surface area (Å²) in [6.07, 6.45) is 2.68. The predicted octanol–water partition coefficient (Wildman–Crippen LogP) is 4.16. The number of benzene rings is 1. The molecule has 1 atom stereocenters. The minimum atomic E-state index is 0.259. The molecule has 0 aliphatic rings. The molecule has 20 heavy (non-hydrogen) atoms. The zero-order valence-electron chi connectivity index (χ0n) is 12.7. The molecule has 1 aromatic heterocycles. The maximum absolute atomic E-state index is 4.30. The predicted molar refractivity (Wildman–Crippen MR) is 83.8 cm³/mol. The molecule has 1 N–H and O–H groups in total. The molecule has 0 spiro atoms. The summed E-state index contributed by atoms with van der Waals surface area (Å²) in [5, 5.41) is 3.52. The summed E-state index contributed by atoms with van der Waals surface area (Å²) >= 11 is 0. The normalized spacial score (nSPS) is 12.4. The topological polar surface area (TPSA) is 37.8 Å². The van der Waals surface area contributed by atoms with Gasteiger partial charge in [0.2, 0.25) is 0 Å². The lowest BCUT2D eigenvalue weighted by Gasteiger charge is -2.23. The number of anilines is 1. The number of hydrogen-bond donors (Lipinski definition) is 1. The number of rotatable bonds is 5. The van der Waals surface area contributed by atoms with Gasteiger partial charge >= 0.3 is 0 Å². The summed E-state index contributed by atoms with van der Waals surface area (Å²) in [6.45, 7) is 8.60. The fraction of sp³-hybridized carbons (Fsp3) is 0.412. The number of hydrogen-bond acceptors (Lipinski definition) is 3. The smallest absolute Gasteiger partial charge is 0.130 e. The molecule has 3 heteroatoms. The first-order valence-electron chi connectivity index (χ1n) is 7.24. The Kier molecular flexibility index (Phi) is 4.72. The van der Waals surface area contributed by atoms with E-state index in [-0.39, 0.29) is 6.04 Å². The molecule has 0 amide bonds. The van der Waals surface area contributed by atoms with Crippen molar-refractivity contribution in [1.29, 1.82) is 0 Å². The standard InChI is InChI=1S/C17H23N3/c1-5-14-6-8-15(9-7-14)17(12(2)3)20-16-10-13(4)18-11-19-16/h6-12,17H,5H2,1-4H3,(H,18,19,20)/t17-/m0/s1. The van der Waals surface area contributed by atoms with Crippen LogP contribution in [0.3, 0.4) is 0 Å². The van der Waals surface area contributed by atoms with Gasteiger partial charge in [-0.05, 0) is 30.4 Å². The summed E-state index contributed by atoms with van der Waals surface area (Å²) in [6, 6.07) is 11.1. The van der Waals surface area contributed by atoms with Crippen molar-refractivity contribution in [3.05, 3.63) is 53.5 Å². The number of nitrogens with zero attached hydrogens (tertiary/aromatic N) is 2. The van der Waals surface area contributed by atoms with Crippen molar-refractivity contribution in [2.45, 2.75) is 40.2 Å². The van der Waals surface area contributed by atoms with Gasteiger partial charge in [-0.2, -0.15) is 0 Å². The van der Waals surface area contributed by atoms with Gasteiger partial charge in [0.25, 0.3) is 0 Å². The van der Waals surface area contributed by atoms with Crippen molar-refractivity contribution >= 4 is 5.82 Å². The third-order valence-electron chi connectivity index (χ3n) is 3.52. The van der Waals surface area contributed by atoms with Crippen molar-refractivity contribution < 1.29 is 0 Å². The molecular formula is C17H23N3. The van der Waals surface area contributed by atoms with Gasteiger partial charge < -0.3 is 5.32 Å². The summed E-state index contributed by atoms with van der Waals surface area (Å²) in [4.78, 5) is 8.44. The Balaban J connectivity index is 2.22. The Morgan fingerprint density at radius 3 is 2.35 bits per heavy atom. The van der Waals surface area contributed by atoms with Gasteiger partial charge in [0, 0.05) is 11.8 Å². The average Bonchev–Trinajstić information content (AvgIpc) is 2.45. The van der Waals surface area contributed by atoms with E-state index in [4.69, 9.17) is 0 Å². The Labute approximate surface area is 121 Å². The van der Waals surface area contributed by atoms with E-state index >= 15 is 0 Å². The summed E-state index contributed by atoms with van der Waals surface area (Å²) in [5.74, 6) is 1.37. The van der Waals surface area contributed by atoms with Crippen LogP contribution < -0.4 is 5.32 Å². The van der Waals surface area contributed by atoms with E-state index in [0.29, 0.717) is 5.92 Å². The largest absolute Gasteiger partial charge is 0.363 e. The Morgan fingerprint density at radius 2 is 1.80 bits per heavy atom. The molecule has 0 saturated carbocycles. The molecule has 0 radical (unpaired) electrons. The minimum Gasteiger partial charge on any atom is -0.363 e. The molecule has 106 valence electrons. The molecule has 1 heterocycles. The van der Waals surface area contributed by atoms with Gasteiger partial charge in [-0.15, -0.1) is 0 Å². The third-order valence-corrected chi connectivity index (χ3v) is 3.52. The number of aromatic nitrogens is 2. The maximum Gasteiger partial charge on any atom is 0.130 e. The van der Waals surface area contributed by atoms with Crippen LogP contribution in [0.25, 0.3) is 0 Å². The molecule has 0 unspecified atom stereocenters. The van der Waals surface area contributed by atoms with E-state index in [0.717, 1.165) is 17.9 Å². The highest BCUT2D eigenvalue weighted by Gasteiger charge is 2.16. The van der Waals surface area contributed by atoms with Crippen molar-refractivity contribution in [3.63, 3.8) is 0 Å². The lowest BCUT2D eigenvalue weighted by molar-refractivity contribution is 0.544. The van der Waals surface area contributed by atoms with Crippen molar-refractivity contribution in [1.82, 2.24) is 9.97 Å². The minimum absolute atomic E-state index is 0.259. The van der Waals surface area contributed by atoms with Crippen LogP contribution >= 0.6 is 0 Å². The van der Waals surface area contributed by atoms with Gasteiger partial charge in [0.15, 0.2) is 0 Å².